The minimum absolute atomic E-state index is 0.00981. The number of para-hydroxylation sites is 1. The molecule has 2 aromatic carbocycles. The molecule has 0 N–H and O–H groups in total. The number of halogens is 1. The molecule has 0 aromatic heterocycles. The fraction of sp³-hybridized carbons (Fsp3) is 0.316. The van der Waals surface area contributed by atoms with Gasteiger partial charge in [0.15, 0.2) is 11.5 Å². The van der Waals surface area contributed by atoms with Gasteiger partial charge in [0.25, 0.3) is 0 Å². The van der Waals surface area contributed by atoms with Crippen LogP contribution in [0.1, 0.15) is 5.56 Å². The normalized spacial score (nSPS) is 12.6. The van der Waals surface area contributed by atoms with E-state index in [1.807, 2.05) is 36.4 Å². The first-order valence-electron chi connectivity index (χ1n) is 8.13. The minimum atomic E-state index is -0.00981. The smallest absolute Gasteiger partial charge is 0.226 e. The summed E-state index contributed by atoms with van der Waals surface area (Å²) in [6, 6.07) is 13.1. The molecule has 1 amide bonds. The maximum Gasteiger partial charge on any atom is 0.226 e. The number of carbonyl (C=O) groups excluding carboxylic acids is 1. The number of hydrogen-bond acceptors (Lipinski definition) is 4. The number of benzene rings is 2. The first-order valence-corrected chi connectivity index (χ1v) is 8.51. The number of rotatable bonds is 6. The quantitative estimate of drug-likeness (QED) is 0.792. The minimum Gasteiger partial charge on any atom is -0.492 e. The number of fused-ring (bicyclic) bond motifs is 1. The van der Waals surface area contributed by atoms with Crippen molar-refractivity contribution >= 4 is 17.5 Å². The van der Waals surface area contributed by atoms with Gasteiger partial charge in [0, 0.05) is 7.05 Å². The van der Waals surface area contributed by atoms with Crippen molar-refractivity contribution in [3.63, 3.8) is 0 Å². The molecule has 6 heteroatoms. The molecule has 5 nitrogen and oxygen atoms in total. The van der Waals surface area contributed by atoms with Crippen LogP contribution in [0.2, 0.25) is 5.02 Å². The lowest BCUT2D eigenvalue weighted by atomic mass is 10.1. The molecule has 0 saturated carbocycles. The molecule has 0 atom stereocenters. The van der Waals surface area contributed by atoms with E-state index in [2.05, 4.69) is 0 Å². The number of nitrogens with zero attached hydrogens (tertiary/aromatic N) is 1. The number of amides is 1. The molecule has 0 fully saturated rings. The Morgan fingerprint density at radius 3 is 2.76 bits per heavy atom. The number of carbonyl (C=O) groups is 1. The van der Waals surface area contributed by atoms with E-state index >= 15 is 0 Å². The molecule has 0 saturated heterocycles. The van der Waals surface area contributed by atoms with E-state index in [1.165, 1.54) is 0 Å². The van der Waals surface area contributed by atoms with Crippen molar-refractivity contribution in [3.8, 4) is 17.2 Å². The highest BCUT2D eigenvalue weighted by Crippen LogP contribution is 2.38. The molecule has 1 aliphatic rings. The summed E-state index contributed by atoms with van der Waals surface area (Å²) in [6.07, 6.45) is 0.248. The van der Waals surface area contributed by atoms with Gasteiger partial charge in [-0.2, -0.15) is 0 Å². The van der Waals surface area contributed by atoms with Gasteiger partial charge in [-0.3, -0.25) is 4.79 Å². The van der Waals surface area contributed by atoms with Crippen molar-refractivity contribution in [2.75, 3.05) is 33.4 Å². The van der Waals surface area contributed by atoms with Gasteiger partial charge >= 0.3 is 0 Å². The molecular weight excluding hydrogens is 342 g/mol. The summed E-state index contributed by atoms with van der Waals surface area (Å²) in [5.41, 5.74) is 0.801. The first-order chi connectivity index (χ1) is 12.1. The van der Waals surface area contributed by atoms with Gasteiger partial charge in [-0.1, -0.05) is 29.8 Å². The zero-order valence-electron chi connectivity index (χ0n) is 14.0. The fourth-order valence-electron chi connectivity index (χ4n) is 2.52. The molecule has 132 valence electrons. The van der Waals surface area contributed by atoms with Crippen molar-refractivity contribution in [1.29, 1.82) is 0 Å². The van der Waals surface area contributed by atoms with E-state index in [0.717, 1.165) is 11.3 Å². The zero-order chi connectivity index (χ0) is 17.6. The average Bonchev–Trinajstić information content (AvgIpc) is 2.62. The number of ether oxygens (including phenoxy) is 3. The maximum absolute atomic E-state index is 12.4. The van der Waals surface area contributed by atoms with Crippen LogP contribution in [0.3, 0.4) is 0 Å². The molecule has 2 aromatic rings. The fourth-order valence-corrected chi connectivity index (χ4v) is 2.81. The summed E-state index contributed by atoms with van der Waals surface area (Å²) in [4.78, 5) is 14.0. The van der Waals surface area contributed by atoms with Crippen LogP contribution in [0, 0.1) is 0 Å². The van der Waals surface area contributed by atoms with Crippen LogP contribution in [0.15, 0.2) is 42.5 Å². The largest absolute Gasteiger partial charge is 0.492 e. The third-order valence-corrected chi connectivity index (χ3v) is 4.16. The van der Waals surface area contributed by atoms with E-state index in [0.29, 0.717) is 42.9 Å². The highest BCUT2D eigenvalue weighted by Gasteiger charge is 2.18. The Bertz CT molecular complexity index is 736. The van der Waals surface area contributed by atoms with Crippen LogP contribution in [-0.4, -0.2) is 44.2 Å². The Hall–Kier alpha value is -2.40. The summed E-state index contributed by atoms with van der Waals surface area (Å²) in [6.45, 7) is 1.91. The van der Waals surface area contributed by atoms with Gasteiger partial charge in [0.1, 0.15) is 25.6 Å². The topological polar surface area (TPSA) is 48.0 Å². The van der Waals surface area contributed by atoms with Crippen LogP contribution in [-0.2, 0) is 11.2 Å². The van der Waals surface area contributed by atoms with Crippen LogP contribution in [0.5, 0.6) is 17.2 Å². The zero-order valence-corrected chi connectivity index (χ0v) is 14.8. The van der Waals surface area contributed by atoms with Gasteiger partial charge in [-0.25, -0.2) is 0 Å². The average molecular weight is 362 g/mol. The molecule has 1 aliphatic heterocycles. The molecule has 0 aliphatic carbocycles. The Labute approximate surface area is 152 Å². The first kappa shape index (κ1) is 17.4. The lowest BCUT2D eigenvalue weighted by Crippen LogP contribution is -2.32. The SMILES string of the molecule is CN(CCOc1ccccc1)C(=O)Cc1cc(Cl)c2c(c1)OCCO2. The van der Waals surface area contributed by atoms with E-state index in [1.54, 1.807) is 18.0 Å². The van der Waals surface area contributed by atoms with Crippen LogP contribution in [0.25, 0.3) is 0 Å². The number of hydrogen-bond donors (Lipinski definition) is 0. The standard InChI is InChI=1S/C19H20ClNO4/c1-21(7-8-23-15-5-3-2-4-6-15)18(22)13-14-11-16(20)19-17(12-14)24-9-10-25-19/h2-6,11-12H,7-10,13H2,1H3. The molecule has 1 heterocycles. The lowest BCUT2D eigenvalue weighted by molar-refractivity contribution is -0.129. The van der Waals surface area contributed by atoms with Crippen LogP contribution >= 0.6 is 11.6 Å². The summed E-state index contributed by atoms with van der Waals surface area (Å²) in [7, 11) is 1.76. The van der Waals surface area contributed by atoms with Crippen molar-refractivity contribution in [3.05, 3.63) is 53.1 Å². The molecule has 0 bridgehead atoms. The summed E-state index contributed by atoms with van der Waals surface area (Å²) < 4.78 is 16.7. The van der Waals surface area contributed by atoms with Crippen LogP contribution in [0.4, 0.5) is 0 Å². The Morgan fingerprint density at radius 1 is 1.20 bits per heavy atom. The number of likely N-dealkylation sites (N-methyl/N-ethyl adjacent to an activating group) is 1. The summed E-state index contributed by atoms with van der Waals surface area (Å²) in [5.74, 6) is 1.93. The van der Waals surface area contributed by atoms with E-state index in [-0.39, 0.29) is 12.3 Å². The van der Waals surface area contributed by atoms with Gasteiger partial charge in [-0.15, -0.1) is 0 Å². The predicted octanol–water partition coefficient (Wildman–Crippen LogP) is 3.19. The summed E-state index contributed by atoms with van der Waals surface area (Å²) in [5, 5.41) is 0.468. The molecule has 0 radical (unpaired) electrons. The van der Waals surface area contributed by atoms with Crippen molar-refractivity contribution in [2.24, 2.45) is 0 Å². The van der Waals surface area contributed by atoms with E-state index in [4.69, 9.17) is 25.8 Å². The molecule has 0 spiro atoms. The second-order valence-electron chi connectivity index (χ2n) is 5.76. The highest BCUT2D eigenvalue weighted by molar-refractivity contribution is 6.32. The van der Waals surface area contributed by atoms with E-state index < -0.39 is 0 Å². The molecule has 3 rings (SSSR count). The second-order valence-corrected chi connectivity index (χ2v) is 6.16. The Kier molecular flexibility index (Phi) is 5.66. The second kappa shape index (κ2) is 8.12. The van der Waals surface area contributed by atoms with Crippen LogP contribution < -0.4 is 14.2 Å². The van der Waals surface area contributed by atoms with Gasteiger partial charge < -0.3 is 19.1 Å². The molecule has 25 heavy (non-hydrogen) atoms. The Balaban J connectivity index is 1.53. The third kappa shape index (κ3) is 4.57. The van der Waals surface area contributed by atoms with Crippen molar-refractivity contribution in [2.45, 2.75) is 6.42 Å². The van der Waals surface area contributed by atoms with Gasteiger partial charge in [0.05, 0.1) is 18.0 Å². The monoisotopic (exact) mass is 361 g/mol. The maximum atomic E-state index is 12.4. The highest BCUT2D eigenvalue weighted by atomic mass is 35.5. The van der Waals surface area contributed by atoms with E-state index in [9.17, 15) is 4.79 Å². The Morgan fingerprint density at radius 2 is 1.96 bits per heavy atom. The van der Waals surface area contributed by atoms with Gasteiger partial charge in [0.2, 0.25) is 5.91 Å². The third-order valence-electron chi connectivity index (χ3n) is 3.88. The predicted molar refractivity (Wildman–Crippen MR) is 95.7 cm³/mol. The molecule has 0 unspecified atom stereocenters. The van der Waals surface area contributed by atoms with Crippen molar-refractivity contribution in [1.82, 2.24) is 4.90 Å². The van der Waals surface area contributed by atoms with Gasteiger partial charge in [-0.05, 0) is 29.8 Å². The molecular formula is C19H20ClNO4. The van der Waals surface area contributed by atoms with Crippen molar-refractivity contribution < 1.29 is 19.0 Å². The lowest BCUT2D eigenvalue weighted by Gasteiger charge is -2.21. The summed E-state index contributed by atoms with van der Waals surface area (Å²) >= 11 is 6.21.